The van der Waals surface area contributed by atoms with E-state index >= 15 is 0 Å². The van der Waals surface area contributed by atoms with Crippen LogP contribution in [0, 0.1) is 6.92 Å². The van der Waals surface area contributed by atoms with E-state index in [2.05, 4.69) is 25.9 Å². The van der Waals surface area contributed by atoms with Crippen LogP contribution in [0.5, 0.6) is 0 Å². The van der Waals surface area contributed by atoms with Crippen LogP contribution in [0.25, 0.3) is 10.2 Å². The third-order valence-corrected chi connectivity index (χ3v) is 7.50. The van der Waals surface area contributed by atoms with E-state index in [9.17, 15) is 14.4 Å². The first-order valence-electron chi connectivity index (χ1n) is 11.3. The Bertz CT molecular complexity index is 1350. The molecule has 0 aromatic carbocycles. The third-order valence-electron chi connectivity index (χ3n) is 6.46. The Morgan fingerprint density at radius 3 is 2.74 bits per heavy atom. The van der Waals surface area contributed by atoms with E-state index in [1.165, 1.54) is 17.7 Å². The molecule has 3 aromatic rings. The van der Waals surface area contributed by atoms with Crippen LogP contribution in [0.4, 0.5) is 11.5 Å². The molecule has 2 aliphatic rings. The molecule has 3 N–H and O–H groups in total. The smallest absolute Gasteiger partial charge is 0.276 e. The molecule has 0 radical (unpaired) electrons. The van der Waals surface area contributed by atoms with E-state index < -0.39 is 5.66 Å². The van der Waals surface area contributed by atoms with E-state index in [0.29, 0.717) is 38.8 Å². The SMILES string of the molecule is Cc1cc(Nc2ncnc3sc(C(=O)NCCN(C)C)cc23)c(=O)n2c1C(=O)NC21CCCC1. The molecular formula is C23H27N7O3S. The summed E-state index contributed by atoms with van der Waals surface area (Å²) in [6.07, 6.45) is 4.82. The molecule has 1 aliphatic carbocycles. The average Bonchev–Trinajstić information content (AvgIpc) is 3.50. The highest BCUT2D eigenvalue weighted by atomic mass is 32.1. The third kappa shape index (κ3) is 3.74. The van der Waals surface area contributed by atoms with Gasteiger partial charge in [0.25, 0.3) is 17.4 Å². The van der Waals surface area contributed by atoms with E-state index in [1.54, 1.807) is 16.7 Å². The van der Waals surface area contributed by atoms with E-state index in [4.69, 9.17) is 0 Å². The van der Waals surface area contributed by atoms with Crippen LogP contribution in [-0.4, -0.2) is 58.4 Å². The van der Waals surface area contributed by atoms with Gasteiger partial charge < -0.3 is 20.9 Å². The lowest BCUT2D eigenvalue weighted by atomic mass is 10.1. The molecule has 3 aromatic heterocycles. The largest absolute Gasteiger partial charge is 0.350 e. The fourth-order valence-corrected chi connectivity index (χ4v) is 5.75. The quantitative estimate of drug-likeness (QED) is 0.493. The number of aryl methyl sites for hydroxylation is 1. The van der Waals surface area contributed by atoms with Crippen LogP contribution < -0.4 is 21.5 Å². The number of carbonyl (C=O) groups is 2. The van der Waals surface area contributed by atoms with Crippen molar-refractivity contribution < 1.29 is 9.59 Å². The number of hydrogen-bond acceptors (Lipinski definition) is 8. The highest BCUT2D eigenvalue weighted by Crippen LogP contribution is 2.39. The lowest BCUT2D eigenvalue weighted by Crippen LogP contribution is -2.45. The fraction of sp³-hybridized carbons (Fsp3) is 0.435. The average molecular weight is 482 g/mol. The Hall–Kier alpha value is -3.31. The number of anilines is 2. The molecule has 10 nitrogen and oxygen atoms in total. The normalized spacial score (nSPS) is 16.3. The molecule has 0 saturated heterocycles. The Labute approximate surface area is 200 Å². The Morgan fingerprint density at radius 2 is 2.00 bits per heavy atom. The number of likely N-dealkylation sites (N-methyl/N-ethyl adjacent to an activating group) is 1. The van der Waals surface area contributed by atoms with Gasteiger partial charge in [-0.25, -0.2) is 9.97 Å². The highest BCUT2D eigenvalue weighted by Gasteiger charge is 2.46. The number of rotatable bonds is 6. The molecule has 1 spiro atoms. The number of pyridine rings is 1. The van der Waals surface area contributed by atoms with Gasteiger partial charge in [-0.1, -0.05) is 0 Å². The van der Waals surface area contributed by atoms with Crippen molar-refractivity contribution in [1.29, 1.82) is 0 Å². The van der Waals surface area contributed by atoms with Crippen molar-refractivity contribution in [2.24, 2.45) is 0 Å². The van der Waals surface area contributed by atoms with Gasteiger partial charge in [-0.15, -0.1) is 11.3 Å². The van der Waals surface area contributed by atoms with Crippen LogP contribution in [0.3, 0.4) is 0 Å². The number of amides is 2. The van der Waals surface area contributed by atoms with Gasteiger partial charge in [-0.05, 0) is 64.4 Å². The molecule has 1 fully saturated rings. The van der Waals surface area contributed by atoms with Crippen LogP contribution in [-0.2, 0) is 5.66 Å². The monoisotopic (exact) mass is 481 g/mol. The maximum absolute atomic E-state index is 13.5. The van der Waals surface area contributed by atoms with Crippen molar-refractivity contribution in [2.75, 3.05) is 32.5 Å². The zero-order valence-electron chi connectivity index (χ0n) is 19.4. The van der Waals surface area contributed by atoms with Crippen LogP contribution in [0.2, 0.25) is 0 Å². The van der Waals surface area contributed by atoms with Crippen LogP contribution in [0.15, 0.2) is 23.3 Å². The number of nitrogens with zero attached hydrogens (tertiary/aromatic N) is 4. The maximum Gasteiger partial charge on any atom is 0.276 e. The molecule has 0 unspecified atom stereocenters. The number of fused-ring (bicyclic) bond motifs is 3. The first kappa shape index (κ1) is 22.5. The number of aromatic nitrogens is 3. The molecule has 2 amide bonds. The van der Waals surface area contributed by atoms with Gasteiger partial charge in [-0.2, -0.15) is 0 Å². The summed E-state index contributed by atoms with van der Waals surface area (Å²) in [5.74, 6) is 0.0793. The van der Waals surface area contributed by atoms with Crippen molar-refractivity contribution in [1.82, 2.24) is 30.1 Å². The second-order valence-corrected chi connectivity index (χ2v) is 10.2. The summed E-state index contributed by atoms with van der Waals surface area (Å²) < 4.78 is 1.63. The molecule has 4 heterocycles. The summed E-state index contributed by atoms with van der Waals surface area (Å²) in [4.78, 5) is 50.6. The molecule has 11 heteroatoms. The summed E-state index contributed by atoms with van der Waals surface area (Å²) in [7, 11) is 3.89. The first-order chi connectivity index (χ1) is 16.3. The number of nitrogens with one attached hydrogen (secondary N) is 3. The zero-order chi connectivity index (χ0) is 24.0. The van der Waals surface area contributed by atoms with Crippen molar-refractivity contribution in [2.45, 2.75) is 38.3 Å². The molecule has 0 atom stereocenters. The van der Waals surface area contributed by atoms with E-state index in [0.717, 1.165) is 37.8 Å². The van der Waals surface area contributed by atoms with Gasteiger partial charge in [0, 0.05) is 13.1 Å². The molecule has 5 rings (SSSR count). The van der Waals surface area contributed by atoms with Crippen LogP contribution in [0.1, 0.15) is 51.4 Å². The van der Waals surface area contributed by atoms with Crippen LogP contribution >= 0.6 is 11.3 Å². The van der Waals surface area contributed by atoms with Crippen molar-refractivity contribution in [3.63, 3.8) is 0 Å². The minimum Gasteiger partial charge on any atom is -0.350 e. The molecule has 34 heavy (non-hydrogen) atoms. The lowest BCUT2D eigenvalue weighted by Gasteiger charge is -2.26. The molecule has 178 valence electrons. The number of hydrogen-bond donors (Lipinski definition) is 3. The summed E-state index contributed by atoms with van der Waals surface area (Å²) in [5, 5.41) is 9.79. The summed E-state index contributed by atoms with van der Waals surface area (Å²) in [6.45, 7) is 3.11. The van der Waals surface area contributed by atoms with Crippen molar-refractivity contribution in [3.05, 3.63) is 44.9 Å². The second-order valence-electron chi connectivity index (χ2n) is 9.16. The maximum atomic E-state index is 13.5. The number of carbonyl (C=O) groups excluding carboxylic acids is 2. The van der Waals surface area contributed by atoms with Gasteiger partial charge in [0.15, 0.2) is 0 Å². The highest BCUT2D eigenvalue weighted by molar-refractivity contribution is 7.20. The predicted octanol–water partition coefficient (Wildman–Crippen LogP) is 2.17. The predicted molar refractivity (Wildman–Crippen MR) is 131 cm³/mol. The van der Waals surface area contributed by atoms with Gasteiger partial charge in [0.05, 0.1) is 10.3 Å². The summed E-state index contributed by atoms with van der Waals surface area (Å²) in [6, 6.07) is 3.44. The molecular weight excluding hydrogens is 454 g/mol. The standard InChI is InChI=1S/C23H27N7O3S/c1-13-10-15(22(33)30-17(13)20(32)28-23(30)6-4-5-7-23)27-18-14-11-16(34-21(14)26-12-25-18)19(31)24-8-9-29(2)3/h10-12H,4-9H2,1-3H3,(H,24,31)(H,28,32)(H,25,26,27). The van der Waals surface area contributed by atoms with Crippen molar-refractivity contribution in [3.8, 4) is 0 Å². The number of thiophene rings is 1. The first-order valence-corrected chi connectivity index (χ1v) is 12.1. The zero-order valence-corrected chi connectivity index (χ0v) is 20.2. The fourth-order valence-electron chi connectivity index (χ4n) is 4.83. The van der Waals surface area contributed by atoms with Gasteiger partial charge in [0.1, 0.15) is 34.0 Å². The molecule has 1 aliphatic heterocycles. The minimum atomic E-state index is -0.646. The Morgan fingerprint density at radius 1 is 1.24 bits per heavy atom. The van der Waals surface area contributed by atoms with E-state index in [1.807, 2.05) is 25.9 Å². The van der Waals surface area contributed by atoms with Gasteiger partial charge in [-0.3, -0.25) is 19.0 Å². The minimum absolute atomic E-state index is 0.169. The van der Waals surface area contributed by atoms with Gasteiger partial charge in [0.2, 0.25) is 0 Å². The summed E-state index contributed by atoms with van der Waals surface area (Å²) >= 11 is 1.28. The second kappa shape index (κ2) is 8.48. The topological polar surface area (TPSA) is 121 Å². The Balaban J connectivity index is 1.49. The summed E-state index contributed by atoms with van der Waals surface area (Å²) in [5.41, 5.74) is 0.585. The lowest BCUT2D eigenvalue weighted by molar-refractivity contribution is 0.0918. The van der Waals surface area contributed by atoms with Gasteiger partial charge >= 0.3 is 0 Å². The molecule has 0 bridgehead atoms. The Kier molecular flexibility index (Phi) is 5.61. The van der Waals surface area contributed by atoms with Crippen molar-refractivity contribution >= 4 is 44.9 Å². The van der Waals surface area contributed by atoms with E-state index in [-0.39, 0.29) is 17.4 Å². The molecule has 1 saturated carbocycles.